The van der Waals surface area contributed by atoms with Gasteiger partial charge >= 0.3 is 0 Å². The third-order valence-electron chi connectivity index (χ3n) is 3.68. The van der Waals surface area contributed by atoms with Crippen molar-refractivity contribution in [3.63, 3.8) is 0 Å². The summed E-state index contributed by atoms with van der Waals surface area (Å²) in [5.74, 6) is -0.525. The Bertz CT molecular complexity index is 505. The fraction of sp³-hybridized carbons (Fsp3) is 0.462. The number of halogens is 3. The van der Waals surface area contributed by atoms with E-state index in [1.165, 1.54) is 18.2 Å². The first-order valence-corrected chi connectivity index (χ1v) is 6.47. The lowest BCUT2D eigenvalue weighted by atomic mass is 10.1. The van der Waals surface area contributed by atoms with E-state index in [0.29, 0.717) is 12.1 Å². The van der Waals surface area contributed by atoms with Gasteiger partial charge in [0.15, 0.2) is 0 Å². The molecule has 0 atom stereocenters. The maximum atomic E-state index is 13.0. The molecule has 3 rings (SSSR count). The minimum atomic E-state index is -0.421. The summed E-state index contributed by atoms with van der Waals surface area (Å²) in [6, 6.07) is 3.92. The summed E-state index contributed by atoms with van der Waals surface area (Å²) in [6.07, 6.45) is 2.24. The molecule has 1 saturated heterocycles. The maximum absolute atomic E-state index is 13.0. The number of nitrogens with zero attached hydrogens (tertiary/aromatic N) is 1. The highest BCUT2D eigenvalue weighted by Gasteiger charge is 2.46. The van der Waals surface area contributed by atoms with E-state index in [9.17, 15) is 9.18 Å². The van der Waals surface area contributed by atoms with Gasteiger partial charge in [-0.3, -0.25) is 4.79 Å². The molecule has 2 fully saturated rings. The maximum Gasteiger partial charge on any atom is 0.255 e. The molecule has 3 nitrogen and oxygen atoms in total. The molecular formula is C13H15Cl2FN2O. The minimum absolute atomic E-state index is 0. The van der Waals surface area contributed by atoms with Gasteiger partial charge in [-0.25, -0.2) is 4.39 Å². The van der Waals surface area contributed by atoms with E-state index in [2.05, 4.69) is 5.32 Å². The zero-order valence-corrected chi connectivity index (χ0v) is 11.9. The minimum Gasteiger partial charge on any atom is -0.335 e. The molecule has 1 aromatic carbocycles. The second-order valence-corrected chi connectivity index (χ2v) is 5.47. The lowest BCUT2D eigenvalue weighted by Gasteiger charge is -2.34. The van der Waals surface area contributed by atoms with Crippen molar-refractivity contribution in [2.75, 3.05) is 19.6 Å². The number of rotatable bonds is 1. The van der Waals surface area contributed by atoms with Crippen molar-refractivity contribution in [3.05, 3.63) is 34.6 Å². The van der Waals surface area contributed by atoms with Gasteiger partial charge in [-0.2, -0.15) is 0 Å². The van der Waals surface area contributed by atoms with Crippen molar-refractivity contribution in [2.45, 2.75) is 18.4 Å². The summed E-state index contributed by atoms with van der Waals surface area (Å²) in [6.45, 7) is 2.21. The lowest BCUT2D eigenvalue weighted by Crippen LogP contribution is -2.54. The standard InChI is InChI=1S/C13H14ClFN2O.ClH/c14-11-7-9(15)1-2-10(11)12(18)17-6-5-16-13(8-17)3-4-13;/h1-2,7,16H,3-6,8H2;1H. The molecule has 0 radical (unpaired) electrons. The van der Waals surface area contributed by atoms with Crippen molar-refractivity contribution >= 4 is 29.9 Å². The summed E-state index contributed by atoms with van der Waals surface area (Å²) in [7, 11) is 0. The van der Waals surface area contributed by atoms with Crippen molar-refractivity contribution in [2.24, 2.45) is 0 Å². The Morgan fingerprint density at radius 3 is 2.79 bits per heavy atom. The van der Waals surface area contributed by atoms with Crippen LogP contribution in [-0.4, -0.2) is 36.0 Å². The van der Waals surface area contributed by atoms with E-state index < -0.39 is 5.82 Å². The summed E-state index contributed by atoms with van der Waals surface area (Å²) in [4.78, 5) is 14.1. The van der Waals surface area contributed by atoms with E-state index in [-0.39, 0.29) is 28.9 Å². The lowest BCUT2D eigenvalue weighted by molar-refractivity contribution is 0.0691. The molecule has 19 heavy (non-hydrogen) atoms. The van der Waals surface area contributed by atoms with Gasteiger partial charge in [0.2, 0.25) is 0 Å². The third kappa shape index (κ3) is 2.86. The average Bonchev–Trinajstić information content (AvgIpc) is 3.08. The van der Waals surface area contributed by atoms with Crippen LogP contribution < -0.4 is 5.32 Å². The first-order valence-electron chi connectivity index (χ1n) is 6.09. The van der Waals surface area contributed by atoms with Gasteiger partial charge in [0.05, 0.1) is 10.6 Å². The van der Waals surface area contributed by atoms with E-state index in [1.54, 1.807) is 0 Å². The number of benzene rings is 1. The van der Waals surface area contributed by atoms with Crippen molar-refractivity contribution < 1.29 is 9.18 Å². The fourth-order valence-corrected chi connectivity index (χ4v) is 2.70. The molecule has 104 valence electrons. The number of hydrogen-bond acceptors (Lipinski definition) is 2. The quantitative estimate of drug-likeness (QED) is 0.864. The molecule has 2 aliphatic rings. The van der Waals surface area contributed by atoms with Crippen LogP contribution in [0.2, 0.25) is 5.02 Å². The summed E-state index contributed by atoms with van der Waals surface area (Å²) in [5, 5.41) is 3.63. The fourth-order valence-electron chi connectivity index (χ4n) is 2.45. The first kappa shape index (κ1) is 14.6. The van der Waals surface area contributed by atoms with Crippen molar-refractivity contribution in [1.29, 1.82) is 0 Å². The smallest absolute Gasteiger partial charge is 0.255 e. The molecule has 0 bridgehead atoms. The van der Waals surface area contributed by atoms with Gasteiger partial charge in [0.1, 0.15) is 5.82 Å². The molecule has 1 heterocycles. The van der Waals surface area contributed by atoms with Gasteiger partial charge in [0, 0.05) is 25.2 Å². The summed E-state index contributed by atoms with van der Waals surface area (Å²) < 4.78 is 13.0. The first-order chi connectivity index (χ1) is 8.60. The van der Waals surface area contributed by atoms with Gasteiger partial charge in [0.25, 0.3) is 5.91 Å². The Balaban J connectivity index is 0.00000133. The molecule has 1 aliphatic carbocycles. The Labute approximate surface area is 122 Å². The van der Waals surface area contributed by atoms with Crippen LogP contribution in [0, 0.1) is 5.82 Å². The highest BCUT2D eigenvalue weighted by atomic mass is 35.5. The second kappa shape index (κ2) is 5.27. The number of carbonyl (C=O) groups excluding carboxylic acids is 1. The summed E-state index contributed by atoms with van der Waals surface area (Å²) >= 11 is 5.93. The van der Waals surface area contributed by atoms with E-state index >= 15 is 0 Å². The number of amides is 1. The molecular weight excluding hydrogens is 290 g/mol. The van der Waals surface area contributed by atoms with Crippen LogP contribution in [0.5, 0.6) is 0 Å². The predicted octanol–water partition coefficient (Wildman–Crippen LogP) is 2.48. The second-order valence-electron chi connectivity index (χ2n) is 5.06. The zero-order chi connectivity index (χ0) is 12.8. The predicted molar refractivity (Wildman–Crippen MR) is 74.5 cm³/mol. The van der Waals surface area contributed by atoms with Gasteiger partial charge < -0.3 is 10.2 Å². The zero-order valence-electron chi connectivity index (χ0n) is 10.3. The van der Waals surface area contributed by atoms with Gasteiger partial charge in [-0.15, -0.1) is 12.4 Å². The highest BCUT2D eigenvalue weighted by Crippen LogP contribution is 2.38. The molecule has 0 aromatic heterocycles. The van der Waals surface area contributed by atoms with Crippen LogP contribution in [0.15, 0.2) is 18.2 Å². The number of hydrogen-bond donors (Lipinski definition) is 1. The van der Waals surface area contributed by atoms with E-state index in [0.717, 1.165) is 25.9 Å². The van der Waals surface area contributed by atoms with Crippen LogP contribution in [0.4, 0.5) is 4.39 Å². The Hall–Kier alpha value is -0.840. The van der Waals surface area contributed by atoms with Crippen molar-refractivity contribution in [1.82, 2.24) is 10.2 Å². The number of piperazine rings is 1. The van der Waals surface area contributed by atoms with E-state index in [4.69, 9.17) is 11.6 Å². The Morgan fingerprint density at radius 2 is 2.16 bits per heavy atom. The normalized spacial score (nSPS) is 20.0. The average molecular weight is 305 g/mol. The topological polar surface area (TPSA) is 32.3 Å². The third-order valence-corrected chi connectivity index (χ3v) is 3.99. The molecule has 1 amide bonds. The van der Waals surface area contributed by atoms with Crippen LogP contribution in [0.25, 0.3) is 0 Å². The van der Waals surface area contributed by atoms with Crippen LogP contribution in [0.3, 0.4) is 0 Å². The molecule has 0 unspecified atom stereocenters. The Morgan fingerprint density at radius 1 is 1.42 bits per heavy atom. The molecule has 1 saturated carbocycles. The summed E-state index contributed by atoms with van der Waals surface area (Å²) in [5.41, 5.74) is 0.524. The largest absolute Gasteiger partial charge is 0.335 e. The van der Waals surface area contributed by atoms with Crippen LogP contribution in [0.1, 0.15) is 23.2 Å². The highest BCUT2D eigenvalue weighted by molar-refractivity contribution is 6.33. The number of carbonyl (C=O) groups is 1. The van der Waals surface area contributed by atoms with E-state index in [1.807, 2.05) is 4.90 Å². The Kier molecular flexibility index (Phi) is 4.04. The van der Waals surface area contributed by atoms with Crippen LogP contribution in [-0.2, 0) is 0 Å². The van der Waals surface area contributed by atoms with Gasteiger partial charge in [-0.1, -0.05) is 11.6 Å². The monoisotopic (exact) mass is 304 g/mol. The molecule has 6 heteroatoms. The molecule has 1 N–H and O–H groups in total. The molecule has 1 aromatic rings. The van der Waals surface area contributed by atoms with Crippen LogP contribution >= 0.6 is 24.0 Å². The molecule has 1 spiro atoms. The van der Waals surface area contributed by atoms with Gasteiger partial charge in [-0.05, 0) is 31.0 Å². The molecule has 1 aliphatic heterocycles. The SMILES string of the molecule is Cl.O=C(c1ccc(F)cc1Cl)N1CCNC2(CC2)C1. The number of nitrogens with one attached hydrogen (secondary N) is 1. The van der Waals surface area contributed by atoms with Crippen molar-refractivity contribution in [3.8, 4) is 0 Å².